The summed E-state index contributed by atoms with van der Waals surface area (Å²) in [5.41, 5.74) is 0.359. The number of likely N-dealkylation sites (tertiary alicyclic amines) is 1. The summed E-state index contributed by atoms with van der Waals surface area (Å²) in [5.74, 6) is -0.723. The number of benzene rings is 1. The number of carbonyl (C=O) groups excluding carboxylic acids is 2. The highest BCUT2D eigenvalue weighted by Gasteiger charge is 2.46. The number of hydrogen-bond acceptors (Lipinski definition) is 6. The Kier molecular flexibility index (Phi) is 7.95. The minimum atomic E-state index is -1.48. The predicted octanol–water partition coefficient (Wildman–Crippen LogP) is 3.42. The second kappa shape index (κ2) is 11.1. The number of nitrogens with zero attached hydrogens (tertiary/aromatic N) is 2. The molecule has 2 N–H and O–H groups in total. The summed E-state index contributed by atoms with van der Waals surface area (Å²) in [6.45, 7) is 4.36. The second-order valence-corrected chi connectivity index (χ2v) is 9.37. The molecule has 0 radical (unpaired) electrons. The van der Waals surface area contributed by atoms with E-state index in [2.05, 4.69) is 15.2 Å². The molecule has 2 aromatic rings. The molecule has 1 saturated carbocycles. The highest BCUT2D eigenvalue weighted by atomic mass is 16.5. The first-order valence-electron chi connectivity index (χ1n) is 12.4. The Labute approximate surface area is 201 Å². The first-order chi connectivity index (χ1) is 16.5. The number of carbonyl (C=O) groups is 2. The van der Waals surface area contributed by atoms with Crippen molar-refractivity contribution in [3.8, 4) is 0 Å². The van der Waals surface area contributed by atoms with Gasteiger partial charge in [-0.3, -0.25) is 9.69 Å². The molecule has 7 nitrogen and oxygen atoms in total. The maximum Gasteiger partial charge on any atom is 0.356 e. The molecule has 0 bridgehead atoms. The molecule has 0 spiro atoms. The van der Waals surface area contributed by atoms with Crippen molar-refractivity contribution in [2.24, 2.45) is 5.92 Å². The van der Waals surface area contributed by atoms with E-state index in [4.69, 9.17) is 4.74 Å². The lowest BCUT2D eigenvalue weighted by molar-refractivity contribution is -0.148. The molecule has 1 aliphatic heterocycles. The van der Waals surface area contributed by atoms with E-state index >= 15 is 0 Å². The predicted molar refractivity (Wildman–Crippen MR) is 129 cm³/mol. The number of esters is 1. The van der Waals surface area contributed by atoms with Crippen LogP contribution < -0.4 is 5.32 Å². The van der Waals surface area contributed by atoms with Crippen molar-refractivity contribution in [1.29, 1.82) is 0 Å². The number of ether oxygens (including phenoxy) is 1. The molecule has 34 heavy (non-hydrogen) atoms. The van der Waals surface area contributed by atoms with E-state index in [0.29, 0.717) is 24.4 Å². The van der Waals surface area contributed by atoms with Crippen LogP contribution in [-0.2, 0) is 21.7 Å². The lowest BCUT2D eigenvalue weighted by Crippen LogP contribution is -2.54. The van der Waals surface area contributed by atoms with Crippen LogP contribution in [0.25, 0.3) is 0 Å². The standard InChI is InChI=1S/C27H35N3O4/c1-2-34-25(31)24-14-8-13-23(28-24)19-30-17-15-22(16-18-30)29-26(32)27(33,21-11-6-7-12-21)20-9-4-3-5-10-20/h3-5,8-10,13-14,21-22,33H,2,6-7,11-12,15-19H2,1H3,(H,29,32). The summed E-state index contributed by atoms with van der Waals surface area (Å²) >= 11 is 0. The van der Waals surface area contributed by atoms with Gasteiger partial charge in [0.15, 0.2) is 5.60 Å². The molecule has 1 amide bonds. The highest BCUT2D eigenvalue weighted by Crippen LogP contribution is 2.41. The van der Waals surface area contributed by atoms with Crippen molar-refractivity contribution in [3.05, 3.63) is 65.5 Å². The normalized spacial score (nSPS) is 19.5. The molecular formula is C27H35N3O4. The Hall–Kier alpha value is -2.77. The quantitative estimate of drug-likeness (QED) is 0.581. The topological polar surface area (TPSA) is 91.8 Å². The van der Waals surface area contributed by atoms with Gasteiger partial charge in [-0.1, -0.05) is 49.2 Å². The fourth-order valence-corrected chi connectivity index (χ4v) is 5.23. The van der Waals surface area contributed by atoms with E-state index < -0.39 is 11.6 Å². The summed E-state index contributed by atoms with van der Waals surface area (Å²) in [4.78, 5) is 32.1. The van der Waals surface area contributed by atoms with Crippen LogP contribution in [0.1, 0.15) is 67.2 Å². The largest absolute Gasteiger partial charge is 0.461 e. The highest BCUT2D eigenvalue weighted by molar-refractivity contribution is 5.87. The van der Waals surface area contributed by atoms with Gasteiger partial charge in [0.05, 0.1) is 12.3 Å². The van der Waals surface area contributed by atoms with Crippen LogP contribution in [0.5, 0.6) is 0 Å². The van der Waals surface area contributed by atoms with Crippen molar-refractivity contribution >= 4 is 11.9 Å². The van der Waals surface area contributed by atoms with Gasteiger partial charge in [0, 0.05) is 31.6 Å². The van der Waals surface area contributed by atoms with Gasteiger partial charge in [-0.2, -0.15) is 0 Å². The van der Waals surface area contributed by atoms with Crippen LogP contribution in [0, 0.1) is 5.92 Å². The molecule has 2 aliphatic rings. The number of aromatic nitrogens is 1. The van der Waals surface area contributed by atoms with Gasteiger partial charge in [0.2, 0.25) is 0 Å². The Bertz CT molecular complexity index is 969. The first-order valence-corrected chi connectivity index (χ1v) is 12.4. The summed E-state index contributed by atoms with van der Waals surface area (Å²) in [7, 11) is 0. The Morgan fingerprint density at radius 1 is 1.06 bits per heavy atom. The van der Waals surface area contributed by atoms with E-state index in [0.717, 1.165) is 57.3 Å². The SMILES string of the molecule is CCOC(=O)c1cccc(CN2CCC(NC(=O)C(O)(c3ccccc3)C3CCCC3)CC2)n1. The summed E-state index contributed by atoms with van der Waals surface area (Å²) < 4.78 is 5.04. The van der Waals surface area contributed by atoms with Gasteiger partial charge in [0.25, 0.3) is 5.91 Å². The van der Waals surface area contributed by atoms with E-state index in [1.165, 1.54) is 0 Å². The summed E-state index contributed by atoms with van der Waals surface area (Å²) in [6.07, 6.45) is 5.45. The van der Waals surface area contributed by atoms with Crippen LogP contribution >= 0.6 is 0 Å². The Balaban J connectivity index is 1.35. The second-order valence-electron chi connectivity index (χ2n) is 9.37. The van der Waals surface area contributed by atoms with Crippen LogP contribution in [0.15, 0.2) is 48.5 Å². The minimum absolute atomic E-state index is 0.0271. The molecule has 4 rings (SSSR count). The van der Waals surface area contributed by atoms with Crippen molar-refractivity contribution < 1.29 is 19.4 Å². The third kappa shape index (κ3) is 5.47. The molecule has 1 saturated heterocycles. The molecule has 7 heteroatoms. The van der Waals surface area contributed by atoms with E-state index in [9.17, 15) is 14.7 Å². The molecule has 1 aliphatic carbocycles. The van der Waals surface area contributed by atoms with Crippen LogP contribution in [0.3, 0.4) is 0 Å². The monoisotopic (exact) mass is 465 g/mol. The van der Waals surface area contributed by atoms with Crippen LogP contribution in [0.4, 0.5) is 0 Å². The smallest absolute Gasteiger partial charge is 0.356 e. The van der Waals surface area contributed by atoms with Crippen molar-refractivity contribution in [2.75, 3.05) is 19.7 Å². The molecule has 1 aromatic carbocycles. The zero-order chi connectivity index (χ0) is 24.0. The molecular weight excluding hydrogens is 430 g/mol. The number of pyridine rings is 1. The maximum atomic E-state index is 13.4. The van der Waals surface area contributed by atoms with Crippen molar-refractivity contribution in [1.82, 2.24) is 15.2 Å². The number of aliphatic hydroxyl groups is 1. The van der Waals surface area contributed by atoms with Gasteiger partial charge in [-0.15, -0.1) is 0 Å². The third-order valence-electron chi connectivity index (χ3n) is 7.11. The van der Waals surface area contributed by atoms with Gasteiger partial charge in [0.1, 0.15) is 5.69 Å². The number of rotatable bonds is 8. The lowest BCUT2D eigenvalue weighted by atomic mass is 9.79. The number of nitrogens with one attached hydrogen (secondary N) is 1. The maximum absolute atomic E-state index is 13.4. The van der Waals surface area contributed by atoms with Crippen LogP contribution in [-0.4, -0.2) is 52.6 Å². The van der Waals surface area contributed by atoms with E-state index in [1.807, 2.05) is 42.5 Å². The zero-order valence-corrected chi connectivity index (χ0v) is 19.9. The number of amides is 1. The molecule has 2 fully saturated rings. The fourth-order valence-electron chi connectivity index (χ4n) is 5.23. The molecule has 1 atom stereocenters. The molecule has 182 valence electrons. The van der Waals surface area contributed by atoms with Gasteiger partial charge >= 0.3 is 5.97 Å². The average Bonchev–Trinajstić information content (AvgIpc) is 3.41. The number of hydrogen-bond donors (Lipinski definition) is 2. The fraction of sp³-hybridized carbons (Fsp3) is 0.519. The van der Waals surface area contributed by atoms with E-state index in [1.54, 1.807) is 13.0 Å². The Morgan fingerprint density at radius 2 is 1.76 bits per heavy atom. The number of piperidine rings is 1. The molecule has 2 heterocycles. The lowest BCUT2D eigenvalue weighted by Gasteiger charge is -2.37. The van der Waals surface area contributed by atoms with Gasteiger partial charge in [-0.05, 0) is 50.3 Å². The van der Waals surface area contributed by atoms with Crippen molar-refractivity contribution in [3.63, 3.8) is 0 Å². The Morgan fingerprint density at radius 3 is 2.44 bits per heavy atom. The van der Waals surface area contributed by atoms with Crippen molar-refractivity contribution in [2.45, 2.75) is 63.6 Å². The molecule has 1 unspecified atom stereocenters. The van der Waals surface area contributed by atoms with Crippen LogP contribution in [0.2, 0.25) is 0 Å². The van der Waals surface area contributed by atoms with E-state index in [-0.39, 0.29) is 17.9 Å². The summed E-state index contributed by atoms with van der Waals surface area (Å²) in [6, 6.07) is 14.8. The third-order valence-corrected chi connectivity index (χ3v) is 7.11. The van der Waals surface area contributed by atoms with Gasteiger partial charge < -0.3 is 15.2 Å². The zero-order valence-electron chi connectivity index (χ0n) is 19.9. The minimum Gasteiger partial charge on any atom is -0.461 e. The first kappa shape index (κ1) is 24.4. The van der Waals surface area contributed by atoms with Gasteiger partial charge in [-0.25, -0.2) is 9.78 Å². The molecule has 1 aromatic heterocycles. The summed E-state index contributed by atoms with van der Waals surface area (Å²) in [5, 5.41) is 14.8. The average molecular weight is 466 g/mol.